The molecule has 21 heavy (non-hydrogen) atoms. The number of nitrogen functional groups attached to an aromatic ring is 1. The third-order valence-electron chi connectivity index (χ3n) is 4.03. The van der Waals surface area contributed by atoms with Gasteiger partial charge in [0.15, 0.2) is 0 Å². The largest absolute Gasteiger partial charge is 0.383 e. The van der Waals surface area contributed by atoms with E-state index < -0.39 is 0 Å². The molecule has 2 aromatic heterocycles. The summed E-state index contributed by atoms with van der Waals surface area (Å²) in [6.07, 6.45) is 8.36. The van der Waals surface area contributed by atoms with Crippen molar-refractivity contribution in [2.24, 2.45) is 0 Å². The predicted octanol–water partition coefficient (Wildman–Crippen LogP) is 3.26. The summed E-state index contributed by atoms with van der Waals surface area (Å²) in [6, 6.07) is 7.98. The molecule has 3 rings (SSSR count). The van der Waals surface area contributed by atoms with Crippen LogP contribution in [0, 0.1) is 11.3 Å². The van der Waals surface area contributed by atoms with Crippen LogP contribution in [-0.2, 0) is 12.8 Å². The molecule has 0 saturated heterocycles. The normalized spacial score (nSPS) is 14.6. The van der Waals surface area contributed by atoms with Gasteiger partial charge in [-0.15, -0.1) is 0 Å². The maximum Gasteiger partial charge on any atom is 0.142 e. The summed E-state index contributed by atoms with van der Waals surface area (Å²) in [5, 5.41) is 9.49. The van der Waals surface area contributed by atoms with E-state index >= 15 is 0 Å². The average molecular weight is 278 g/mol. The highest BCUT2D eigenvalue weighted by Gasteiger charge is 2.21. The zero-order chi connectivity index (χ0) is 14.7. The van der Waals surface area contributed by atoms with E-state index in [1.807, 2.05) is 18.2 Å². The van der Waals surface area contributed by atoms with Crippen molar-refractivity contribution in [2.75, 3.05) is 5.73 Å². The molecule has 0 spiro atoms. The highest BCUT2D eigenvalue weighted by Crippen LogP contribution is 2.33. The van der Waals surface area contributed by atoms with Gasteiger partial charge in [0.1, 0.15) is 17.5 Å². The van der Waals surface area contributed by atoms with Gasteiger partial charge >= 0.3 is 0 Å². The van der Waals surface area contributed by atoms with Crippen molar-refractivity contribution in [3.63, 3.8) is 0 Å². The Morgan fingerprint density at radius 2 is 1.90 bits per heavy atom. The van der Waals surface area contributed by atoms with E-state index in [4.69, 9.17) is 5.73 Å². The van der Waals surface area contributed by atoms with Gasteiger partial charge in [0.05, 0.1) is 5.69 Å². The standard InChI is InChI=1S/C17H18N4/c18-11-13-16(15-9-5-6-10-20-15)12-7-3-1-2-4-8-14(12)21-17(13)19/h5-6,9-10H,1-4,7-8H2,(H2,19,21). The molecule has 0 bridgehead atoms. The van der Waals surface area contributed by atoms with E-state index in [-0.39, 0.29) is 0 Å². The molecule has 1 aliphatic carbocycles. The van der Waals surface area contributed by atoms with Gasteiger partial charge in [-0.05, 0) is 43.4 Å². The van der Waals surface area contributed by atoms with Crippen LogP contribution in [0.3, 0.4) is 0 Å². The molecule has 2 heterocycles. The van der Waals surface area contributed by atoms with Crippen molar-refractivity contribution in [3.05, 3.63) is 41.2 Å². The molecule has 0 atom stereocenters. The molecule has 4 nitrogen and oxygen atoms in total. The molecule has 0 saturated carbocycles. The number of nitrogens with zero attached hydrogens (tertiary/aromatic N) is 3. The van der Waals surface area contributed by atoms with Crippen LogP contribution in [0.15, 0.2) is 24.4 Å². The van der Waals surface area contributed by atoms with Crippen molar-refractivity contribution in [2.45, 2.75) is 38.5 Å². The number of anilines is 1. The Hall–Kier alpha value is -2.41. The third-order valence-corrected chi connectivity index (χ3v) is 4.03. The Morgan fingerprint density at radius 3 is 2.62 bits per heavy atom. The van der Waals surface area contributed by atoms with E-state index in [0.29, 0.717) is 11.4 Å². The first kappa shape index (κ1) is 13.6. The van der Waals surface area contributed by atoms with Crippen molar-refractivity contribution >= 4 is 5.82 Å². The van der Waals surface area contributed by atoms with Crippen LogP contribution < -0.4 is 5.73 Å². The summed E-state index contributed by atoms with van der Waals surface area (Å²) in [4.78, 5) is 8.93. The highest BCUT2D eigenvalue weighted by molar-refractivity contribution is 5.77. The molecular weight excluding hydrogens is 260 g/mol. The van der Waals surface area contributed by atoms with Crippen LogP contribution in [0.4, 0.5) is 5.82 Å². The Kier molecular flexibility index (Phi) is 3.83. The second kappa shape index (κ2) is 5.92. The smallest absolute Gasteiger partial charge is 0.142 e. The molecule has 0 radical (unpaired) electrons. The van der Waals surface area contributed by atoms with Crippen molar-refractivity contribution in [1.82, 2.24) is 9.97 Å². The lowest BCUT2D eigenvalue weighted by molar-refractivity contribution is 0.609. The monoisotopic (exact) mass is 278 g/mol. The molecule has 2 aromatic rings. The third kappa shape index (κ3) is 2.59. The Balaban J connectivity index is 2.26. The van der Waals surface area contributed by atoms with Crippen LogP contribution in [0.5, 0.6) is 0 Å². The van der Waals surface area contributed by atoms with Crippen molar-refractivity contribution in [3.8, 4) is 17.3 Å². The van der Waals surface area contributed by atoms with Gasteiger partial charge in [0.25, 0.3) is 0 Å². The summed E-state index contributed by atoms with van der Waals surface area (Å²) in [5.74, 6) is 0.331. The summed E-state index contributed by atoms with van der Waals surface area (Å²) in [6.45, 7) is 0. The minimum absolute atomic E-state index is 0.331. The number of aryl methyl sites for hydroxylation is 1. The molecule has 0 aromatic carbocycles. The Morgan fingerprint density at radius 1 is 1.10 bits per heavy atom. The second-order valence-corrected chi connectivity index (χ2v) is 5.41. The van der Waals surface area contributed by atoms with Gasteiger partial charge in [-0.25, -0.2) is 4.98 Å². The van der Waals surface area contributed by atoms with Gasteiger partial charge in [-0.3, -0.25) is 4.98 Å². The lowest BCUT2D eigenvalue weighted by atomic mass is 9.89. The van der Waals surface area contributed by atoms with Gasteiger partial charge in [-0.1, -0.05) is 18.9 Å². The van der Waals surface area contributed by atoms with E-state index in [1.165, 1.54) is 18.4 Å². The van der Waals surface area contributed by atoms with Gasteiger partial charge in [0, 0.05) is 17.5 Å². The van der Waals surface area contributed by atoms with Crippen LogP contribution in [0.25, 0.3) is 11.3 Å². The van der Waals surface area contributed by atoms with E-state index in [9.17, 15) is 5.26 Å². The van der Waals surface area contributed by atoms with Crippen LogP contribution in [-0.4, -0.2) is 9.97 Å². The topological polar surface area (TPSA) is 75.6 Å². The Bertz CT molecular complexity index is 686. The molecule has 1 aliphatic rings. The van der Waals surface area contributed by atoms with Crippen LogP contribution >= 0.6 is 0 Å². The van der Waals surface area contributed by atoms with E-state index in [1.54, 1.807) is 6.20 Å². The fourth-order valence-electron chi connectivity index (χ4n) is 3.02. The molecule has 106 valence electrons. The lowest BCUT2D eigenvalue weighted by Crippen LogP contribution is -2.10. The number of aromatic nitrogens is 2. The van der Waals surface area contributed by atoms with Gasteiger partial charge in [-0.2, -0.15) is 5.26 Å². The predicted molar refractivity (Wildman–Crippen MR) is 82.5 cm³/mol. The zero-order valence-corrected chi connectivity index (χ0v) is 12.0. The molecule has 4 heteroatoms. The van der Waals surface area contributed by atoms with E-state index in [2.05, 4.69) is 16.0 Å². The number of hydrogen-bond acceptors (Lipinski definition) is 4. The number of rotatable bonds is 1. The second-order valence-electron chi connectivity index (χ2n) is 5.41. The Labute approximate surface area is 124 Å². The van der Waals surface area contributed by atoms with Crippen molar-refractivity contribution < 1.29 is 0 Å². The molecule has 0 unspecified atom stereocenters. The fraction of sp³-hybridized carbons (Fsp3) is 0.353. The summed E-state index contributed by atoms with van der Waals surface area (Å²) >= 11 is 0. The summed E-state index contributed by atoms with van der Waals surface area (Å²) < 4.78 is 0. The van der Waals surface area contributed by atoms with Crippen LogP contribution in [0.1, 0.15) is 42.5 Å². The number of hydrogen-bond donors (Lipinski definition) is 1. The molecular formula is C17H18N4. The molecule has 0 amide bonds. The van der Waals surface area contributed by atoms with Crippen LogP contribution in [0.2, 0.25) is 0 Å². The minimum atomic E-state index is 0.331. The fourth-order valence-corrected chi connectivity index (χ4v) is 3.02. The maximum atomic E-state index is 9.49. The summed E-state index contributed by atoms with van der Waals surface area (Å²) in [5.41, 5.74) is 10.4. The minimum Gasteiger partial charge on any atom is -0.383 e. The number of pyridine rings is 2. The number of nitriles is 1. The van der Waals surface area contributed by atoms with Crippen molar-refractivity contribution in [1.29, 1.82) is 5.26 Å². The maximum absolute atomic E-state index is 9.49. The first-order chi connectivity index (χ1) is 10.3. The van der Waals surface area contributed by atoms with Gasteiger partial charge in [0.2, 0.25) is 0 Å². The zero-order valence-electron chi connectivity index (χ0n) is 12.0. The lowest BCUT2D eigenvalue weighted by Gasteiger charge is -2.19. The van der Waals surface area contributed by atoms with Gasteiger partial charge < -0.3 is 5.73 Å². The highest BCUT2D eigenvalue weighted by atomic mass is 14.9. The first-order valence-corrected chi connectivity index (χ1v) is 7.44. The molecule has 2 N–H and O–H groups in total. The molecule has 0 aliphatic heterocycles. The SMILES string of the molecule is N#Cc1c(N)nc2c(c1-c1ccccn1)CCCCCC2. The number of nitrogens with two attached hydrogens (primary N) is 1. The molecule has 0 fully saturated rings. The summed E-state index contributed by atoms with van der Waals surface area (Å²) in [7, 11) is 0. The quantitative estimate of drug-likeness (QED) is 0.868. The number of fused-ring (bicyclic) bond motifs is 1. The average Bonchev–Trinajstić information content (AvgIpc) is 2.49. The van der Waals surface area contributed by atoms with E-state index in [0.717, 1.165) is 42.6 Å². The first-order valence-electron chi connectivity index (χ1n) is 7.44.